The number of likely N-dealkylation sites (N-methyl/N-ethyl adjacent to an activating group) is 4. The summed E-state index contributed by atoms with van der Waals surface area (Å²) in [7, 11) is 6.15. The summed E-state index contributed by atoms with van der Waals surface area (Å²) in [6.45, 7) is 22.5. The Bertz CT molecular complexity index is 3010. The second-order valence-electron chi connectivity index (χ2n) is 27.2. The van der Waals surface area contributed by atoms with Crippen molar-refractivity contribution in [3.8, 4) is 0 Å². The molecule has 9 amide bonds. The Morgan fingerprint density at radius 3 is 1.80 bits per heavy atom. The van der Waals surface area contributed by atoms with Crippen molar-refractivity contribution < 1.29 is 48.3 Å². The number of piperidine rings is 1. The lowest BCUT2D eigenvalue weighted by molar-refractivity contribution is -0.151. The van der Waals surface area contributed by atoms with Gasteiger partial charge in [-0.3, -0.25) is 48.5 Å². The first-order valence-corrected chi connectivity index (χ1v) is 33.5. The summed E-state index contributed by atoms with van der Waals surface area (Å²) < 4.78 is 0. The molecule has 92 heavy (non-hydrogen) atoms. The molecule has 2 bridgehead atoms. The number of allylic oxidation sites excluding steroid dienone is 1. The average molecular weight is 1270 g/mol. The first kappa shape index (κ1) is 73.6. The molecule has 3 heterocycles. The molecule has 0 saturated carbocycles. The maximum absolute atomic E-state index is 15.5. The zero-order chi connectivity index (χ0) is 67.7. The minimum atomic E-state index is -1.50. The van der Waals surface area contributed by atoms with Crippen molar-refractivity contribution in [2.24, 2.45) is 23.7 Å². The van der Waals surface area contributed by atoms with Crippen molar-refractivity contribution in [3.63, 3.8) is 0 Å². The number of aliphatic hydroxyl groups excluding tert-OH is 1. The largest absolute Gasteiger partial charge is 0.376 e. The molecule has 0 aliphatic carbocycles. The summed E-state index contributed by atoms with van der Waals surface area (Å²) in [5.41, 5.74) is 3.55. The number of likely N-dealkylation sites (tertiary alicyclic amines) is 1. The molecule has 0 spiro atoms. The minimum absolute atomic E-state index is 0.00714. The summed E-state index contributed by atoms with van der Waals surface area (Å²) in [5, 5.41) is 24.5. The van der Waals surface area contributed by atoms with Crippen LogP contribution in [-0.4, -0.2) is 196 Å². The molecular formula is C72H106N10O10. The number of nitrogens with one attached hydrogen (secondary N) is 4. The maximum Gasteiger partial charge on any atom is 0.245 e. The highest BCUT2D eigenvalue weighted by molar-refractivity contribution is 5.97. The second kappa shape index (κ2) is 34.5. The highest BCUT2D eigenvalue weighted by Crippen LogP contribution is 2.27. The number of fused-ring (bicyclic) bond motifs is 3. The van der Waals surface area contributed by atoms with Crippen LogP contribution >= 0.6 is 0 Å². The number of aliphatic hydroxyl groups is 1. The highest BCUT2D eigenvalue weighted by atomic mass is 16.3. The lowest BCUT2D eigenvalue weighted by Crippen LogP contribution is -2.62. The van der Waals surface area contributed by atoms with E-state index in [9.17, 15) is 33.9 Å². The molecule has 3 aromatic rings. The molecule has 11 atom stereocenters. The Morgan fingerprint density at radius 2 is 1.21 bits per heavy atom. The number of carbonyl (C=O) groups is 9. The molecule has 2 fully saturated rings. The third-order valence-corrected chi connectivity index (χ3v) is 18.7. The van der Waals surface area contributed by atoms with E-state index in [1.807, 2.05) is 126 Å². The normalized spacial score (nSPS) is 26.2. The lowest BCUT2D eigenvalue weighted by Gasteiger charge is -2.40. The molecule has 0 radical (unpaired) electrons. The molecule has 20 heteroatoms. The fourth-order valence-corrected chi connectivity index (χ4v) is 13.3. The van der Waals surface area contributed by atoms with Gasteiger partial charge >= 0.3 is 0 Å². The molecular weight excluding hydrogens is 1160 g/mol. The van der Waals surface area contributed by atoms with Crippen LogP contribution in [0.2, 0.25) is 0 Å². The van der Waals surface area contributed by atoms with Gasteiger partial charge in [-0.05, 0) is 110 Å². The lowest BCUT2D eigenvalue weighted by atomic mass is 9.94. The van der Waals surface area contributed by atoms with E-state index in [2.05, 4.69) is 27.8 Å². The van der Waals surface area contributed by atoms with Gasteiger partial charge in [0.1, 0.15) is 48.5 Å². The highest BCUT2D eigenvalue weighted by Gasteiger charge is 2.45. The van der Waals surface area contributed by atoms with Crippen LogP contribution in [0.25, 0.3) is 5.57 Å². The summed E-state index contributed by atoms with van der Waals surface area (Å²) in [4.78, 5) is 143. The number of amides is 9. The van der Waals surface area contributed by atoms with Gasteiger partial charge in [0.2, 0.25) is 53.2 Å². The second-order valence-corrected chi connectivity index (χ2v) is 27.2. The number of nitrogens with zero attached hydrogens (tertiary/aromatic N) is 6. The van der Waals surface area contributed by atoms with Crippen LogP contribution in [0.15, 0.2) is 91.5 Å². The van der Waals surface area contributed by atoms with Crippen molar-refractivity contribution in [3.05, 3.63) is 114 Å². The van der Waals surface area contributed by atoms with E-state index in [1.54, 1.807) is 32.7 Å². The van der Waals surface area contributed by atoms with E-state index in [4.69, 9.17) is 0 Å². The van der Waals surface area contributed by atoms with Crippen LogP contribution < -0.4 is 21.3 Å². The van der Waals surface area contributed by atoms with Crippen LogP contribution in [-0.2, 0) is 62.4 Å². The Balaban J connectivity index is 1.43. The molecule has 0 aromatic heterocycles. The van der Waals surface area contributed by atoms with E-state index in [1.165, 1.54) is 45.6 Å². The molecule has 6 rings (SSSR count). The average Bonchev–Trinajstić information content (AvgIpc) is 1.37. The van der Waals surface area contributed by atoms with Crippen molar-refractivity contribution >= 4 is 58.7 Å². The van der Waals surface area contributed by atoms with Gasteiger partial charge in [-0.15, -0.1) is 0 Å². The SMILES string of the molecule is C=C1CCC(=O)N[C@@H](CC(C)C)C(=O)N2CCC[C@H]2C(=O)N(C)[C@@H](C(C)C)C(=O)N[C@@H](Cc2ccccc2)C(=O)N(C)[C@@H](Cc2ccccc2)C(=O)N(C)[C@@H](CC(C)C)C(O)N[C@@H](C)C(=O)N(C)[C@@H]([C@@H](C)CC)C(=O)N[C@H](C(=O)N2CCCCC2)Cc2cccc1c2. The number of benzene rings is 3. The maximum atomic E-state index is 15.5. The van der Waals surface area contributed by atoms with Gasteiger partial charge in [0.05, 0.1) is 12.1 Å². The molecule has 1 unspecified atom stereocenters. The fraction of sp³-hybridized carbons (Fsp3) is 0.597. The van der Waals surface area contributed by atoms with Crippen molar-refractivity contribution in [2.45, 2.75) is 206 Å². The first-order chi connectivity index (χ1) is 43.6. The molecule has 504 valence electrons. The number of hydrogen-bond donors (Lipinski definition) is 5. The number of hydrogen-bond acceptors (Lipinski definition) is 11. The summed E-state index contributed by atoms with van der Waals surface area (Å²) >= 11 is 0. The van der Waals surface area contributed by atoms with E-state index < -0.39 is 108 Å². The van der Waals surface area contributed by atoms with Crippen LogP contribution in [0.1, 0.15) is 149 Å². The van der Waals surface area contributed by atoms with Crippen LogP contribution in [0.4, 0.5) is 0 Å². The molecule has 3 aliphatic heterocycles. The number of carbonyl (C=O) groups excluding carboxylic acids is 9. The predicted molar refractivity (Wildman–Crippen MR) is 358 cm³/mol. The van der Waals surface area contributed by atoms with Crippen molar-refractivity contribution in [1.82, 2.24) is 50.7 Å². The van der Waals surface area contributed by atoms with Gasteiger partial charge in [0.15, 0.2) is 0 Å². The Kier molecular flexibility index (Phi) is 27.6. The summed E-state index contributed by atoms with van der Waals surface area (Å²) in [6.07, 6.45) is 3.43. The molecule has 2 saturated heterocycles. The molecule has 3 aromatic carbocycles. The van der Waals surface area contributed by atoms with E-state index in [-0.39, 0.29) is 74.6 Å². The first-order valence-electron chi connectivity index (χ1n) is 33.5. The molecule has 20 nitrogen and oxygen atoms in total. The fourth-order valence-electron chi connectivity index (χ4n) is 13.3. The predicted octanol–water partition coefficient (Wildman–Crippen LogP) is 6.38. The Labute approximate surface area is 547 Å². The Hall–Kier alpha value is -7.45. The van der Waals surface area contributed by atoms with Crippen molar-refractivity contribution in [1.29, 1.82) is 0 Å². The van der Waals surface area contributed by atoms with Gasteiger partial charge in [-0.1, -0.05) is 153 Å². The summed E-state index contributed by atoms with van der Waals surface area (Å²) in [6, 6.07) is 16.3. The quantitative estimate of drug-likeness (QED) is 0.133. The monoisotopic (exact) mass is 1270 g/mol. The van der Waals surface area contributed by atoms with E-state index >= 15 is 14.4 Å². The topological polar surface area (TPSA) is 241 Å². The third kappa shape index (κ3) is 19.6. The summed E-state index contributed by atoms with van der Waals surface area (Å²) in [5.74, 6) is -5.23. The van der Waals surface area contributed by atoms with Gasteiger partial charge in [0.25, 0.3) is 0 Å². The van der Waals surface area contributed by atoms with Crippen LogP contribution in [0.5, 0.6) is 0 Å². The van der Waals surface area contributed by atoms with Gasteiger partial charge in [-0.25, -0.2) is 0 Å². The zero-order valence-electron chi connectivity index (χ0n) is 57.0. The van der Waals surface area contributed by atoms with Gasteiger partial charge in [-0.2, -0.15) is 0 Å². The third-order valence-electron chi connectivity index (χ3n) is 18.7. The van der Waals surface area contributed by atoms with Crippen molar-refractivity contribution in [2.75, 3.05) is 47.8 Å². The minimum Gasteiger partial charge on any atom is -0.376 e. The molecule has 3 aliphatic rings. The van der Waals surface area contributed by atoms with E-state index in [0.717, 1.165) is 36.0 Å². The Morgan fingerprint density at radius 1 is 0.609 bits per heavy atom. The van der Waals surface area contributed by atoms with Gasteiger partial charge in [0, 0.05) is 73.5 Å². The smallest absolute Gasteiger partial charge is 0.245 e. The van der Waals surface area contributed by atoms with Gasteiger partial charge < -0.3 is 50.5 Å². The van der Waals surface area contributed by atoms with Crippen LogP contribution in [0, 0.1) is 23.7 Å². The van der Waals surface area contributed by atoms with E-state index in [0.29, 0.717) is 49.9 Å². The zero-order valence-corrected chi connectivity index (χ0v) is 57.0. The van der Waals surface area contributed by atoms with Crippen LogP contribution in [0.3, 0.4) is 0 Å². The molecule has 5 N–H and O–H groups in total. The standard InChI is InChI=1S/C72H106N10O10/c1-15-48(8)63-66(86)76-57(69(89)81-36-23-18-24-37-81)43-53-31-25-32-54(41-53)49(9)34-35-61(83)74-55(39-45(2)3)70(90)82-38-26-33-58(82)71(91)79(13)62(47(6)7)65(85)75-56(42-51-27-19-16-20-28-51)68(88)78(12)60(44-52-29-21-17-22-30-52)72(92)77(11)59(40-46(4)5)64(84)73-50(10)67(87)80(63)14/h16-17,19-22,25,27-32,41,45-48,50,55-60,62-64,73,84H,9,15,18,23-24,26,33-40,42-44H2,1-8,10-14H3,(H,74,83)(H,75,85)(H,76,86)/t48-,50-,55-,56-,57-,58-,59-,60-,62-,63-,64?/m0/s1. The number of rotatable bonds is 12.